The Morgan fingerprint density at radius 1 is 1.36 bits per heavy atom. The zero-order chi connectivity index (χ0) is 17.4. The number of aryl methyl sites for hydroxylation is 1. The number of nitrogens with zero attached hydrogens (tertiary/aromatic N) is 4. The first-order chi connectivity index (χ1) is 11.6. The number of nitrogens with one attached hydrogen (secondary N) is 2. The maximum Gasteiger partial charge on any atom is 0.191 e. The fraction of sp³-hybridized carbons (Fsp3) is 0.588. The summed E-state index contributed by atoms with van der Waals surface area (Å²) in [5.41, 5.74) is 1.13. The number of aromatic nitrogens is 3. The van der Waals surface area contributed by atoms with Crippen LogP contribution in [0, 0.1) is 12.8 Å². The molecule has 0 unspecified atom stereocenters. The van der Waals surface area contributed by atoms with Gasteiger partial charge in [-0.05, 0) is 19.8 Å². The Balaban J connectivity index is 0.00000312. The number of hydrogen-bond acceptors (Lipinski definition) is 4. The molecule has 2 aromatic rings. The Morgan fingerprint density at radius 3 is 2.80 bits per heavy atom. The van der Waals surface area contributed by atoms with Crippen LogP contribution in [0.1, 0.15) is 37.3 Å². The van der Waals surface area contributed by atoms with E-state index in [4.69, 9.17) is 0 Å². The van der Waals surface area contributed by atoms with E-state index in [0.717, 1.165) is 48.5 Å². The molecule has 0 aliphatic rings. The van der Waals surface area contributed by atoms with E-state index in [1.54, 1.807) is 11.3 Å². The van der Waals surface area contributed by atoms with Crippen molar-refractivity contribution in [2.24, 2.45) is 10.9 Å². The van der Waals surface area contributed by atoms with Crippen LogP contribution in [-0.4, -0.2) is 33.6 Å². The molecule has 0 aliphatic carbocycles. The van der Waals surface area contributed by atoms with E-state index in [1.165, 1.54) is 0 Å². The van der Waals surface area contributed by atoms with Gasteiger partial charge in [0.25, 0.3) is 0 Å². The van der Waals surface area contributed by atoms with Crippen molar-refractivity contribution in [1.29, 1.82) is 0 Å². The Bertz CT molecular complexity index is 649. The van der Waals surface area contributed by atoms with E-state index in [9.17, 15) is 0 Å². The van der Waals surface area contributed by atoms with Crippen molar-refractivity contribution in [3.8, 4) is 0 Å². The van der Waals surface area contributed by atoms with E-state index < -0.39 is 0 Å². The molecule has 8 heteroatoms. The normalized spacial score (nSPS) is 11.5. The molecule has 6 nitrogen and oxygen atoms in total. The quantitative estimate of drug-likeness (QED) is 0.349. The number of rotatable bonds is 8. The fourth-order valence-electron chi connectivity index (χ4n) is 2.37. The first-order valence-corrected chi connectivity index (χ1v) is 9.39. The second-order valence-corrected chi connectivity index (χ2v) is 7.18. The van der Waals surface area contributed by atoms with Crippen LogP contribution in [0.15, 0.2) is 22.8 Å². The van der Waals surface area contributed by atoms with Crippen molar-refractivity contribution in [3.05, 3.63) is 34.3 Å². The second kappa shape index (κ2) is 11.5. The highest BCUT2D eigenvalue weighted by Gasteiger charge is 2.05. The number of hydrogen-bond donors (Lipinski definition) is 2. The molecular formula is C17H29IN6S. The minimum atomic E-state index is 0. The van der Waals surface area contributed by atoms with Crippen LogP contribution in [0.25, 0.3) is 0 Å². The maximum atomic E-state index is 4.65. The van der Waals surface area contributed by atoms with Crippen LogP contribution in [0.3, 0.4) is 0 Å². The third-order valence-corrected chi connectivity index (χ3v) is 4.25. The number of thiazole rings is 1. The molecule has 0 saturated carbocycles. The molecule has 0 amide bonds. The summed E-state index contributed by atoms with van der Waals surface area (Å²) in [6.45, 7) is 11.7. The summed E-state index contributed by atoms with van der Waals surface area (Å²) in [6, 6.07) is 0. The summed E-state index contributed by atoms with van der Waals surface area (Å²) in [7, 11) is 0. The number of imidazole rings is 1. The van der Waals surface area contributed by atoms with Gasteiger partial charge in [0.2, 0.25) is 0 Å². The average molecular weight is 476 g/mol. The van der Waals surface area contributed by atoms with Gasteiger partial charge in [0.15, 0.2) is 5.96 Å². The Kier molecular flexibility index (Phi) is 10.0. The molecule has 25 heavy (non-hydrogen) atoms. The lowest BCUT2D eigenvalue weighted by molar-refractivity contribution is 0.507. The van der Waals surface area contributed by atoms with E-state index >= 15 is 0 Å². The summed E-state index contributed by atoms with van der Waals surface area (Å²) in [4.78, 5) is 13.6. The van der Waals surface area contributed by atoms with Crippen LogP contribution in [0.5, 0.6) is 0 Å². The molecule has 0 atom stereocenters. The number of halogens is 1. The lowest BCUT2D eigenvalue weighted by Gasteiger charge is -2.12. The van der Waals surface area contributed by atoms with Gasteiger partial charge in [0.05, 0.1) is 10.7 Å². The zero-order valence-electron chi connectivity index (χ0n) is 15.5. The highest BCUT2D eigenvalue weighted by atomic mass is 127. The minimum absolute atomic E-state index is 0. The lowest BCUT2D eigenvalue weighted by atomic mass is 10.2. The summed E-state index contributed by atoms with van der Waals surface area (Å²) in [6.07, 6.45) is 4.77. The maximum absolute atomic E-state index is 4.65. The van der Waals surface area contributed by atoms with Gasteiger partial charge in [-0.1, -0.05) is 13.8 Å². The van der Waals surface area contributed by atoms with Crippen LogP contribution in [0.2, 0.25) is 0 Å². The molecule has 0 radical (unpaired) electrons. The molecule has 0 saturated heterocycles. The van der Waals surface area contributed by atoms with E-state index in [0.29, 0.717) is 12.5 Å². The van der Waals surface area contributed by atoms with Crippen LogP contribution in [-0.2, 0) is 19.5 Å². The van der Waals surface area contributed by atoms with Gasteiger partial charge in [-0.2, -0.15) is 0 Å². The smallest absolute Gasteiger partial charge is 0.191 e. The van der Waals surface area contributed by atoms with E-state index in [1.807, 2.05) is 19.3 Å². The van der Waals surface area contributed by atoms with E-state index in [-0.39, 0.29) is 24.0 Å². The highest BCUT2D eigenvalue weighted by molar-refractivity contribution is 14.0. The van der Waals surface area contributed by atoms with Gasteiger partial charge in [-0.25, -0.2) is 15.0 Å². The predicted molar refractivity (Wildman–Crippen MR) is 116 cm³/mol. The first kappa shape index (κ1) is 21.9. The molecular weight excluding hydrogens is 447 g/mol. The summed E-state index contributed by atoms with van der Waals surface area (Å²) in [5.74, 6) is 2.41. The molecule has 0 fully saturated rings. The van der Waals surface area contributed by atoms with Crippen molar-refractivity contribution >= 4 is 41.3 Å². The molecule has 0 aromatic carbocycles. The Morgan fingerprint density at radius 2 is 2.16 bits per heavy atom. The standard InChI is InChI=1S/C17H28N6S.HI/c1-5-18-17(20-7-6-15-12-24-14(4)22-15)21-10-16-19-8-9-23(16)11-13(2)3;/h8-9,12-13H,5-7,10-11H2,1-4H3,(H2,18,20,21);1H. The van der Waals surface area contributed by atoms with Gasteiger partial charge in [-0.15, -0.1) is 35.3 Å². The summed E-state index contributed by atoms with van der Waals surface area (Å²) < 4.78 is 2.18. The molecule has 2 rings (SSSR count). The molecule has 0 aliphatic heterocycles. The van der Waals surface area contributed by atoms with Gasteiger partial charge >= 0.3 is 0 Å². The van der Waals surface area contributed by atoms with Crippen LogP contribution in [0.4, 0.5) is 0 Å². The topological polar surface area (TPSA) is 67.1 Å². The molecule has 2 aromatic heterocycles. The summed E-state index contributed by atoms with van der Waals surface area (Å²) >= 11 is 1.69. The molecule has 2 heterocycles. The van der Waals surface area contributed by atoms with Gasteiger partial charge in [-0.3, -0.25) is 0 Å². The highest BCUT2D eigenvalue weighted by Crippen LogP contribution is 2.08. The lowest BCUT2D eigenvalue weighted by Crippen LogP contribution is -2.38. The van der Waals surface area contributed by atoms with Crippen LogP contribution < -0.4 is 10.6 Å². The van der Waals surface area contributed by atoms with Crippen molar-refractivity contribution in [2.75, 3.05) is 13.1 Å². The van der Waals surface area contributed by atoms with Crippen LogP contribution >= 0.6 is 35.3 Å². The van der Waals surface area contributed by atoms with Gasteiger partial charge in [0.1, 0.15) is 12.4 Å². The van der Waals surface area contributed by atoms with Crippen molar-refractivity contribution in [3.63, 3.8) is 0 Å². The number of aliphatic imine (C=N–C) groups is 1. The number of guanidine groups is 1. The first-order valence-electron chi connectivity index (χ1n) is 8.51. The predicted octanol–water partition coefficient (Wildman–Crippen LogP) is 3.22. The molecule has 0 spiro atoms. The fourth-order valence-corrected chi connectivity index (χ4v) is 3.02. The average Bonchev–Trinajstić information content (AvgIpc) is 3.13. The zero-order valence-corrected chi connectivity index (χ0v) is 18.6. The Hall–Kier alpha value is -1.16. The SMILES string of the molecule is CCNC(=NCc1nccn1CC(C)C)NCCc1csc(C)n1.I. The van der Waals surface area contributed by atoms with Crippen molar-refractivity contribution in [1.82, 2.24) is 25.2 Å². The minimum Gasteiger partial charge on any atom is -0.357 e. The van der Waals surface area contributed by atoms with E-state index in [2.05, 4.69) is 56.3 Å². The molecule has 2 N–H and O–H groups in total. The third-order valence-electron chi connectivity index (χ3n) is 3.43. The molecule has 0 bridgehead atoms. The van der Waals surface area contributed by atoms with Crippen molar-refractivity contribution in [2.45, 2.75) is 47.2 Å². The summed E-state index contributed by atoms with van der Waals surface area (Å²) in [5, 5.41) is 9.88. The van der Waals surface area contributed by atoms with Gasteiger partial charge < -0.3 is 15.2 Å². The van der Waals surface area contributed by atoms with Gasteiger partial charge in [0, 0.05) is 43.8 Å². The third kappa shape index (κ3) is 7.72. The van der Waals surface area contributed by atoms with Crippen molar-refractivity contribution < 1.29 is 0 Å². The molecule has 140 valence electrons. The second-order valence-electron chi connectivity index (χ2n) is 6.12. The monoisotopic (exact) mass is 476 g/mol. The largest absolute Gasteiger partial charge is 0.357 e. The Labute approximate surface area is 171 Å².